The number of carbonyl (C=O) groups is 2. The maximum atomic E-state index is 11.7. The summed E-state index contributed by atoms with van der Waals surface area (Å²) in [6.45, 7) is 0. The molecule has 0 aliphatic carbocycles. The Morgan fingerprint density at radius 3 is 1.21 bits per heavy atom. The predicted molar refractivity (Wildman–Crippen MR) is 49.2 cm³/mol. The zero-order valence-electron chi connectivity index (χ0n) is 8.23. The van der Waals surface area contributed by atoms with E-state index in [1.54, 1.807) is 0 Å². The van der Waals surface area contributed by atoms with Crippen molar-refractivity contribution >= 4 is 12.1 Å². The van der Waals surface area contributed by atoms with Crippen LogP contribution in [0.25, 0.3) is 0 Å². The van der Waals surface area contributed by atoms with Crippen molar-refractivity contribution in [2.75, 3.05) is 0 Å². The molecule has 0 radical (unpaired) electrons. The van der Waals surface area contributed by atoms with Gasteiger partial charge in [0, 0.05) is 12.8 Å². The first kappa shape index (κ1) is 13.2. The van der Waals surface area contributed by atoms with Gasteiger partial charge in [-0.05, 0) is 12.8 Å². The van der Waals surface area contributed by atoms with Gasteiger partial charge in [0.05, 0.1) is 0 Å². The zero-order valence-corrected chi connectivity index (χ0v) is 8.23. The van der Waals surface area contributed by atoms with Crippen LogP contribution in [0.1, 0.15) is 51.4 Å². The molecule has 0 unspecified atom stereocenters. The van der Waals surface area contributed by atoms with Gasteiger partial charge in [-0.15, -0.1) is 0 Å². The van der Waals surface area contributed by atoms with Gasteiger partial charge in [-0.1, -0.05) is 25.7 Å². The lowest BCUT2D eigenvalue weighted by atomic mass is 10.1. The van der Waals surface area contributed by atoms with Gasteiger partial charge in [0.2, 0.25) is 0 Å². The molecular formula is C10H16F2O2. The minimum atomic E-state index is -1.26. The molecule has 0 saturated carbocycles. The molecule has 0 fully saturated rings. The van der Waals surface area contributed by atoms with E-state index in [1.807, 2.05) is 0 Å². The lowest BCUT2D eigenvalue weighted by Crippen LogP contribution is -1.89. The summed E-state index contributed by atoms with van der Waals surface area (Å²) in [4.78, 5) is 19.8. The second-order valence-electron chi connectivity index (χ2n) is 3.33. The first-order valence-electron chi connectivity index (χ1n) is 4.99. The van der Waals surface area contributed by atoms with E-state index in [4.69, 9.17) is 0 Å². The summed E-state index contributed by atoms with van der Waals surface area (Å²) in [6, 6.07) is -2.51. The molecule has 0 bridgehead atoms. The predicted octanol–water partition coefficient (Wildman–Crippen LogP) is 3.10. The van der Waals surface area contributed by atoms with E-state index >= 15 is 0 Å². The molecular weight excluding hydrogens is 190 g/mol. The highest BCUT2D eigenvalue weighted by Crippen LogP contribution is 2.09. The summed E-state index contributed by atoms with van der Waals surface area (Å²) in [5, 5.41) is 0. The molecule has 82 valence electrons. The normalized spacial score (nSPS) is 10.1. The molecule has 0 aromatic rings. The molecule has 0 heterocycles. The Bertz CT molecular complexity index is 161. The molecule has 0 aromatic heterocycles. The third-order valence-electron chi connectivity index (χ3n) is 2.00. The topological polar surface area (TPSA) is 34.1 Å². The van der Waals surface area contributed by atoms with E-state index in [1.165, 1.54) is 0 Å². The molecule has 0 aliphatic rings. The van der Waals surface area contributed by atoms with Gasteiger partial charge in [-0.25, -0.2) is 0 Å². The Hall–Kier alpha value is -0.800. The lowest BCUT2D eigenvalue weighted by Gasteiger charge is -1.98. The van der Waals surface area contributed by atoms with Crippen LogP contribution in [-0.4, -0.2) is 12.1 Å². The lowest BCUT2D eigenvalue weighted by molar-refractivity contribution is -0.130. The van der Waals surface area contributed by atoms with E-state index in [0.717, 1.165) is 25.7 Å². The van der Waals surface area contributed by atoms with E-state index in [9.17, 15) is 18.4 Å². The van der Waals surface area contributed by atoms with Gasteiger partial charge in [0.15, 0.2) is 0 Å². The first-order chi connectivity index (χ1) is 6.63. The molecule has 0 rings (SSSR count). The van der Waals surface area contributed by atoms with Crippen molar-refractivity contribution in [3.63, 3.8) is 0 Å². The largest absolute Gasteiger partial charge is 0.301 e. The van der Waals surface area contributed by atoms with Crippen molar-refractivity contribution in [2.45, 2.75) is 51.4 Å². The molecule has 4 heteroatoms. The minimum absolute atomic E-state index is 0.00294. The molecule has 2 nitrogen and oxygen atoms in total. The fraction of sp³-hybridized carbons (Fsp3) is 0.800. The average Bonchev–Trinajstić information content (AvgIpc) is 2.08. The van der Waals surface area contributed by atoms with Crippen LogP contribution >= 0.6 is 0 Å². The summed E-state index contributed by atoms with van der Waals surface area (Å²) < 4.78 is 23.4. The summed E-state index contributed by atoms with van der Waals surface area (Å²) in [7, 11) is 0. The van der Waals surface area contributed by atoms with Gasteiger partial charge in [0.1, 0.15) is 0 Å². The number of unbranched alkanes of at least 4 members (excludes halogenated alkanes) is 5. The van der Waals surface area contributed by atoms with Gasteiger partial charge < -0.3 is 0 Å². The van der Waals surface area contributed by atoms with Crippen molar-refractivity contribution in [2.24, 2.45) is 0 Å². The second kappa shape index (κ2) is 8.78. The number of rotatable bonds is 9. The van der Waals surface area contributed by atoms with Crippen molar-refractivity contribution in [3.05, 3.63) is 0 Å². The number of carbonyl (C=O) groups excluding carboxylic acids is 2. The Morgan fingerprint density at radius 2 is 0.929 bits per heavy atom. The van der Waals surface area contributed by atoms with Crippen molar-refractivity contribution in [1.29, 1.82) is 0 Å². The van der Waals surface area contributed by atoms with Crippen molar-refractivity contribution < 1.29 is 18.4 Å². The van der Waals surface area contributed by atoms with Gasteiger partial charge in [-0.2, -0.15) is 8.78 Å². The maximum Gasteiger partial charge on any atom is 0.301 e. The summed E-state index contributed by atoms with van der Waals surface area (Å²) in [5.74, 6) is 0. The molecule has 0 aliphatic heterocycles. The molecule has 0 spiro atoms. The molecule has 0 N–H and O–H groups in total. The van der Waals surface area contributed by atoms with Gasteiger partial charge in [0.25, 0.3) is 0 Å². The van der Waals surface area contributed by atoms with Crippen LogP contribution in [0.3, 0.4) is 0 Å². The quantitative estimate of drug-likeness (QED) is 0.429. The highest BCUT2D eigenvalue weighted by atomic mass is 19.1. The Labute approximate surface area is 82.7 Å². The third-order valence-corrected chi connectivity index (χ3v) is 2.00. The molecule has 0 saturated heterocycles. The van der Waals surface area contributed by atoms with Crippen LogP contribution < -0.4 is 0 Å². The minimum Gasteiger partial charge on any atom is -0.261 e. The van der Waals surface area contributed by atoms with Gasteiger partial charge >= 0.3 is 12.1 Å². The van der Waals surface area contributed by atoms with Crippen LogP contribution in [0.2, 0.25) is 0 Å². The van der Waals surface area contributed by atoms with Gasteiger partial charge in [-0.3, -0.25) is 9.59 Å². The highest BCUT2D eigenvalue weighted by Gasteiger charge is 1.99. The second-order valence-corrected chi connectivity index (χ2v) is 3.33. The number of halogens is 2. The Kier molecular flexibility index (Phi) is 8.28. The summed E-state index contributed by atoms with van der Waals surface area (Å²) in [6.07, 6.45) is 4.63. The fourth-order valence-electron chi connectivity index (χ4n) is 1.24. The fourth-order valence-corrected chi connectivity index (χ4v) is 1.24. The third kappa shape index (κ3) is 11.2. The zero-order chi connectivity index (χ0) is 10.8. The van der Waals surface area contributed by atoms with Crippen LogP contribution in [-0.2, 0) is 9.59 Å². The van der Waals surface area contributed by atoms with Crippen LogP contribution in [0.15, 0.2) is 0 Å². The molecule has 14 heavy (non-hydrogen) atoms. The van der Waals surface area contributed by atoms with Crippen molar-refractivity contribution in [1.82, 2.24) is 0 Å². The van der Waals surface area contributed by atoms with E-state index in [2.05, 4.69) is 0 Å². The Balaban J connectivity index is 2.99. The first-order valence-corrected chi connectivity index (χ1v) is 4.99. The van der Waals surface area contributed by atoms with Crippen LogP contribution in [0, 0.1) is 0 Å². The summed E-state index contributed by atoms with van der Waals surface area (Å²) >= 11 is 0. The van der Waals surface area contributed by atoms with Crippen LogP contribution in [0.4, 0.5) is 8.78 Å². The maximum absolute atomic E-state index is 11.7. The smallest absolute Gasteiger partial charge is 0.261 e. The SMILES string of the molecule is O=C(F)CCCCCCCCC(=O)F. The molecule has 0 atom stereocenters. The average molecular weight is 206 g/mol. The Morgan fingerprint density at radius 1 is 0.643 bits per heavy atom. The summed E-state index contributed by atoms with van der Waals surface area (Å²) in [5.41, 5.74) is 0. The number of hydrogen-bond donors (Lipinski definition) is 0. The molecule has 0 amide bonds. The number of hydrogen-bond acceptors (Lipinski definition) is 2. The van der Waals surface area contributed by atoms with E-state index < -0.39 is 12.1 Å². The van der Waals surface area contributed by atoms with Crippen molar-refractivity contribution in [3.8, 4) is 0 Å². The molecule has 0 aromatic carbocycles. The monoisotopic (exact) mass is 206 g/mol. The van der Waals surface area contributed by atoms with E-state index in [0.29, 0.717) is 12.8 Å². The van der Waals surface area contributed by atoms with E-state index in [-0.39, 0.29) is 12.8 Å². The van der Waals surface area contributed by atoms with Crippen LogP contribution in [0.5, 0.6) is 0 Å². The highest BCUT2D eigenvalue weighted by molar-refractivity contribution is 5.67. The standard InChI is InChI=1S/C10H16F2O2/c11-9(13)7-5-3-1-2-4-6-8-10(12)14/h1-8H2.